The second-order valence-corrected chi connectivity index (χ2v) is 2.20. The van der Waals surface area contributed by atoms with E-state index >= 15 is 0 Å². The molecule has 10 heavy (non-hydrogen) atoms. The van der Waals surface area contributed by atoms with Gasteiger partial charge in [0.2, 0.25) is 6.79 Å². The van der Waals surface area contributed by atoms with Gasteiger partial charge in [-0.05, 0) is 6.42 Å². The molecule has 0 rings (SSSR count). The van der Waals surface area contributed by atoms with Crippen LogP contribution in [0.15, 0.2) is 0 Å². The van der Waals surface area contributed by atoms with Crippen LogP contribution in [0, 0.1) is 0 Å². The molecule has 0 aliphatic carbocycles. The summed E-state index contributed by atoms with van der Waals surface area (Å²) in [7, 11) is -2.56. The van der Waals surface area contributed by atoms with E-state index in [1.54, 1.807) is 0 Å². The Hall–Kier alpha value is -0.0600. The Labute approximate surface area is 59.5 Å². The molecule has 5 nitrogen and oxygen atoms in total. The van der Waals surface area contributed by atoms with E-state index in [1.165, 1.54) is 0 Å². The quantitative estimate of drug-likeness (QED) is 0.332. The fourth-order valence-corrected chi connectivity index (χ4v) is 0.473. The topological polar surface area (TPSA) is 76.0 Å². The Morgan fingerprint density at radius 1 is 1.50 bits per heavy atom. The summed E-state index contributed by atoms with van der Waals surface area (Å²) in [4.78, 5) is 8.07. The fraction of sp³-hybridized carbons (Fsp3) is 1.00. The number of aliphatic hydroxyl groups excluding tert-OH is 1. The van der Waals surface area contributed by atoms with Crippen LogP contribution in [-0.4, -0.2) is 30.0 Å². The Morgan fingerprint density at radius 3 is 2.70 bits per heavy atom. The maximum Gasteiger partial charge on any atom is 0.697 e. The molecule has 6 heteroatoms. The van der Waals surface area contributed by atoms with Crippen molar-refractivity contribution in [3.05, 3.63) is 0 Å². The molecule has 0 heterocycles. The standard InChI is InChI=1S/C4H9O5P/c5-2-1-3-8-4-9-10(6)7/h5H,1-4H2/p+1. The van der Waals surface area contributed by atoms with Gasteiger partial charge in [0.25, 0.3) is 0 Å². The van der Waals surface area contributed by atoms with Crippen molar-refractivity contribution in [2.75, 3.05) is 20.0 Å². The lowest BCUT2D eigenvalue weighted by atomic mass is 10.5. The molecule has 0 aromatic carbocycles. The van der Waals surface area contributed by atoms with Crippen LogP contribution in [0.1, 0.15) is 6.42 Å². The molecule has 0 aliphatic rings. The van der Waals surface area contributed by atoms with Crippen molar-refractivity contribution in [1.82, 2.24) is 0 Å². The SMILES string of the molecule is O=[P+](O)OCOCCCO. The molecular formula is C4H10O5P+. The molecule has 0 aromatic heterocycles. The molecule has 0 aromatic rings. The molecule has 2 N–H and O–H groups in total. The van der Waals surface area contributed by atoms with Crippen LogP contribution in [0.2, 0.25) is 0 Å². The zero-order chi connectivity index (χ0) is 7.82. The van der Waals surface area contributed by atoms with E-state index in [2.05, 4.69) is 9.26 Å². The van der Waals surface area contributed by atoms with Crippen molar-refractivity contribution in [3.8, 4) is 0 Å². The first-order valence-electron chi connectivity index (χ1n) is 2.75. The third kappa shape index (κ3) is 7.94. The van der Waals surface area contributed by atoms with Gasteiger partial charge in [-0.25, -0.2) is 0 Å². The summed E-state index contributed by atoms with van der Waals surface area (Å²) < 4.78 is 18.6. The average Bonchev–Trinajstić information content (AvgIpc) is 1.87. The smallest absolute Gasteiger partial charge is 0.396 e. The van der Waals surface area contributed by atoms with Gasteiger partial charge < -0.3 is 9.84 Å². The van der Waals surface area contributed by atoms with Gasteiger partial charge >= 0.3 is 8.25 Å². The van der Waals surface area contributed by atoms with Crippen LogP contribution in [0.3, 0.4) is 0 Å². The van der Waals surface area contributed by atoms with E-state index in [0.29, 0.717) is 13.0 Å². The molecule has 1 unspecified atom stereocenters. The summed E-state index contributed by atoms with van der Waals surface area (Å²) in [5, 5.41) is 8.25. The number of hydrogen-bond donors (Lipinski definition) is 2. The summed E-state index contributed by atoms with van der Waals surface area (Å²) in [6.45, 7) is 0.177. The van der Waals surface area contributed by atoms with E-state index in [0.717, 1.165) is 0 Å². The Morgan fingerprint density at radius 2 is 2.20 bits per heavy atom. The van der Waals surface area contributed by atoms with E-state index in [4.69, 9.17) is 10.00 Å². The molecule has 0 spiro atoms. The second-order valence-electron chi connectivity index (χ2n) is 1.47. The number of aliphatic hydroxyl groups is 1. The summed E-state index contributed by atoms with van der Waals surface area (Å²) in [5.74, 6) is 0. The first-order chi connectivity index (χ1) is 4.77. The van der Waals surface area contributed by atoms with Gasteiger partial charge in [-0.3, -0.25) is 0 Å². The third-order valence-electron chi connectivity index (χ3n) is 0.693. The van der Waals surface area contributed by atoms with Gasteiger partial charge in [0.15, 0.2) is 0 Å². The maximum atomic E-state index is 9.83. The fourth-order valence-electron chi connectivity index (χ4n) is 0.308. The van der Waals surface area contributed by atoms with Crippen molar-refractivity contribution in [1.29, 1.82) is 0 Å². The van der Waals surface area contributed by atoms with Crippen molar-refractivity contribution < 1.29 is 23.8 Å². The molecule has 1 atom stereocenters. The minimum absolute atomic E-state index is 0.0469. The van der Waals surface area contributed by atoms with Gasteiger partial charge in [0.05, 0.1) is 6.61 Å². The van der Waals surface area contributed by atoms with Crippen molar-refractivity contribution >= 4 is 8.25 Å². The second kappa shape index (κ2) is 7.05. The highest BCUT2D eigenvalue weighted by molar-refractivity contribution is 7.32. The van der Waals surface area contributed by atoms with Gasteiger partial charge in [-0.1, -0.05) is 4.52 Å². The lowest BCUT2D eigenvalue weighted by molar-refractivity contribution is 0.00843. The predicted octanol–water partition coefficient (Wildman–Crippen LogP) is 0.00920. The molecule has 0 saturated heterocycles. The van der Waals surface area contributed by atoms with Crippen LogP contribution < -0.4 is 0 Å². The van der Waals surface area contributed by atoms with Crippen LogP contribution in [0.25, 0.3) is 0 Å². The molecule has 0 saturated carbocycles. The van der Waals surface area contributed by atoms with Crippen molar-refractivity contribution in [3.63, 3.8) is 0 Å². The van der Waals surface area contributed by atoms with Crippen LogP contribution in [-0.2, 0) is 13.8 Å². The molecule has 0 fully saturated rings. The van der Waals surface area contributed by atoms with E-state index < -0.39 is 8.25 Å². The first kappa shape index (κ1) is 9.94. The van der Waals surface area contributed by atoms with E-state index in [1.807, 2.05) is 0 Å². The summed E-state index contributed by atoms with van der Waals surface area (Å²) in [5.41, 5.74) is 0. The number of ether oxygens (including phenoxy) is 1. The van der Waals surface area contributed by atoms with Crippen molar-refractivity contribution in [2.45, 2.75) is 6.42 Å². The van der Waals surface area contributed by atoms with Gasteiger partial charge in [-0.2, -0.15) is 0 Å². The Kier molecular flexibility index (Phi) is 7.01. The van der Waals surface area contributed by atoms with Crippen LogP contribution in [0.4, 0.5) is 0 Å². The van der Waals surface area contributed by atoms with Gasteiger partial charge in [0, 0.05) is 11.2 Å². The molecule has 0 radical (unpaired) electrons. The normalized spacial score (nSPS) is 11.6. The molecule has 0 bridgehead atoms. The third-order valence-corrected chi connectivity index (χ3v) is 1.02. The maximum absolute atomic E-state index is 9.83. The predicted molar refractivity (Wildman–Crippen MR) is 33.4 cm³/mol. The zero-order valence-electron chi connectivity index (χ0n) is 5.39. The van der Waals surface area contributed by atoms with Crippen LogP contribution in [0.5, 0.6) is 0 Å². The van der Waals surface area contributed by atoms with Gasteiger partial charge in [0.1, 0.15) is 0 Å². The number of hydrogen-bond acceptors (Lipinski definition) is 4. The Bertz CT molecular complexity index is 95.6. The van der Waals surface area contributed by atoms with E-state index in [-0.39, 0.29) is 13.4 Å². The Balaban J connectivity index is 2.84. The summed E-state index contributed by atoms with van der Waals surface area (Å²) in [6.07, 6.45) is 0.506. The monoisotopic (exact) mass is 169 g/mol. The average molecular weight is 169 g/mol. The molecular weight excluding hydrogens is 159 g/mol. The van der Waals surface area contributed by atoms with Gasteiger partial charge in [-0.15, -0.1) is 4.89 Å². The van der Waals surface area contributed by atoms with Crippen molar-refractivity contribution in [2.24, 2.45) is 0 Å². The lowest BCUT2D eigenvalue weighted by Crippen LogP contribution is -1.99. The largest absolute Gasteiger partial charge is 0.697 e. The molecule has 0 amide bonds. The minimum Gasteiger partial charge on any atom is -0.396 e. The molecule has 0 aliphatic heterocycles. The minimum atomic E-state index is -2.56. The zero-order valence-corrected chi connectivity index (χ0v) is 6.29. The number of rotatable bonds is 6. The highest BCUT2D eigenvalue weighted by Gasteiger charge is 2.10. The summed E-state index contributed by atoms with van der Waals surface area (Å²) in [6, 6.07) is 0. The van der Waals surface area contributed by atoms with Crippen LogP contribution >= 0.6 is 8.25 Å². The highest BCUT2D eigenvalue weighted by Crippen LogP contribution is 2.13. The van der Waals surface area contributed by atoms with E-state index in [9.17, 15) is 4.57 Å². The molecule has 60 valence electrons. The first-order valence-corrected chi connectivity index (χ1v) is 3.88. The lowest BCUT2D eigenvalue weighted by Gasteiger charge is -1.94. The summed E-state index contributed by atoms with van der Waals surface area (Å²) >= 11 is 0. The highest BCUT2D eigenvalue weighted by atomic mass is 31.1.